The second-order valence-corrected chi connectivity index (χ2v) is 7.27. The van der Waals surface area contributed by atoms with E-state index < -0.39 is 9.84 Å². The van der Waals surface area contributed by atoms with Crippen LogP contribution in [0, 0.1) is 6.92 Å². The Bertz CT molecular complexity index is 776. The van der Waals surface area contributed by atoms with Crippen LogP contribution in [0.1, 0.15) is 45.7 Å². The van der Waals surface area contributed by atoms with E-state index in [0.717, 1.165) is 22.5 Å². The van der Waals surface area contributed by atoms with Crippen LogP contribution in [-0.2, 0) is 9.84 Å². The number of nitrogens with one attached hydrogen (secondary N) is 1. The molecule has 0 spiro atoms. The molecule has 0 radical (unpaired) electrons. The third-order valence-corrected chi connectivity index (χ3v) is 4.32. The first-order valence-corrected chi connectivity index (χ1v) is 10.5. The fourth-order valence-corrected chi connectivity index (χ4v) is 2.67. The Morgan fingerprint density at radius 3 is 1.92 bits per heavy atom. The molecule has 0 saturated heterocycles. The average Bonchev–Trinajstić information content (AvgIpc) is 2.59. The summed E-state index contributed by atoms with van der Waals surface area (Å²) in [4.78, 5) is 0.294. The zero-order valence-corrected chi connectivity index (χ0v) is 17.3. The minimum atomic E-state index is -3.24. The minimum absolute atomic E-state index is 0.294. The van der Waals surface area contributed by atoms with Gasteiger partial charge in [-0.3, -0.25) is 0 Å². The maximum absolute atomic E-state index is 11.7. The van der Waals surface area contributed by atoms with Crippen molar-refractivity contribution in [3.05, 3.63) is 60.2 Å². The van der Waals surface area contributed by atoms with Gasteiger partial charge < -0.3 is 5.32 Å². The van der Waals surface area contributed by atoms with Crippen LogP contribution in [0.2, 0.25) is 0 Å². The molecule has 1 N–H and O–H groups in total. The smallest absolute Gasteiger partial charge is 0.175 e. The first kappa shape index (κ1) is 22.9. The number of aryl methyl sites for hydroxylation is 1. The van der Waals surface area contributed by atoms with Crippen molar-refractivity contribution in [3.63, 3.8) is 0 Å². The van der Waals surface area contributed by atoms with Crippen LogP contribution in [0.15, 0.2) is 53.9 Å². The molecule has 0 amide bonds. The molecular formula is C21H31NO2S. The van der Waals surface area contributed by atoms with E-state index in [2.05, 4.69) is 11.9 Å². The van der Waals surface area contributed by atoms with Gasteiger partial charge in [0.15, 0.2) is 9.84 Å². The number of benzene rings is 2. The van der Waals surface area contributed by atoms with Crippen LogP contribution < -0.4 is 5.32 Å². The van der Waals surface area contributed by atoms with Gasteiger partial charge in [0.05, 0.1) is 4.90 Å². The lowest BCUT2D eigenvalue weighted by molar-refractivity contribution is 0.602. The first-order valence-electron chi connectivity index (χ1n) is 8.61. The molecule has 0 fully saturated rings. The molecule has 25 heavy (non-hydrogen) atoms. The highest BCUT2D eigenvalue weighted by Crippen LogP contribution is 2.28. The molecule has 0 aromatic heterocycles. The van der Waals surface area contributed by atoms with E-state index in [1.54, 1.807) is 18.2 Å². The highest BCUT2D eigenvalue weighted by atomic mass is 32.2. The van der Waals surface area contributed by atoms with E-state index in [0.29, 0.717) is 4.90 Å². The Hall–Kier alpha value is -2.07. The molecule has 0 aliphatic rings. The molecule has 0 heterocycles. The van der Waals surface area contributed by atoms with Crippen LogP contribution in [-0.4, -0.2) is 14.7 Å². The molecule has 2 aromatic carbocycles. The van der Waals surface area contributed by atoms with Crippen molar-refractivity contribution >= 4 is 26.8 Å². The normalized spacial score (nSPS) is 9.88. The van der Waals surface area contributed by atoms with Gasteiger partial charge in [0.25, 0.3) is 0 Å². The lowest BCUT2D eigenvalue weighted by Gasteiger charge is -2.14. The van der Waals surface area contributed by atoms with Crippen molar-refractivity contribution < 1.29 is 8.42 Å². The minimum Gasteiger partial charge on any atom is -0.355 e. The van der Waals surface area contributed by atoms with Gasteiger partial charge in [-0.1, -0.05) is 58.0 Å². The third kappa shape index (κ3) is 7.14. The summed E-state index contributed by atoms with van der Waals surface area (Å²) in [6, 6.07) is 13.0. The summed E-state index contributed by atoms with van der Waals surface area (Å²) >= 11 is 0. The van der Waals surface area contributed by atoms with Crippen LogP contribution in [0.4, 0.5) is 11.4 Å². The van der Waals surface area contributed by atoms with E-state index >= 15 is 0 Å². The second kappa shape index (κ2) is 10.7. The number of hydrogen-bond acceptors (Lipinski definition) is 3. The third-order valence-electron chi connectivity index (χ3n) is 3.21. The number of anilines is 2. The molecule has 0 aliphatic heterocycles. The van der Waals surface area contributed by atoms with Gasteiger partial charge in [-0.15, -0.1) is 0 Å². The van der Waals surface area contributed by atoms with Gasteiger partial charge in [-0.05, 0) is 43.7 Å². The van der Waals surface area contributed by atoms with E-state index in [1.165, 1.54) is 11.8 Å². The fraction of sp³-hybridized carbons (Fsp3) is 0.333. The van der Waals surface area contributed by atoms with Crippen LogP contribution >= 0.6 is 0 Å². The quantitative estimate of drug-likeness (QED) is 0.702. The summed E-state index contributed by atoms with van der Waals surface area (Å²) in [6.45, 7) is 15.9. The van der Waals surface area contributed by atoms with E-state index in [-0.39, 0.29) is 0 Å². The Labute approximate surface area is 153 Å². The standard InChI is InChI=1S/C17H19NO2S.2C2H6/c1-12(2)16-10-9-15(21(4,19)20)11-17(16)18-14-7-5-13(3)6-8-14;2*1-2/h5-11,18H,1H2,2-4H3;2*1-2H3. The monoisotopic (exact) mass is 361 g/mol. The van der Waals surface area contributed by atoms with Crippen molar-refractivity contribution in [1.82, 2.24) is 0 Å². The molecule has 0 aliphatic carbocycles. The lowest BCUT2D eigenvalue weighted by atomic mass is 10.1. The molecule has 3 nitrogen and oxygen atoms in total. The SMILES string of the molecule is C=C(C)c1ccc(S(C)(=O)=O)cc1Nc1ccc(C)cc1.CC.CC. The average molecular weight is 362 g/mol. The maximum atomic E-state index is 11.7. The molecule has 2 rings (SSSR count). The summed E-state index contributed by atoms with van der Waals surface area (Å²) in [7, 11) is -3.24. The predicted octanol–water partition coefficient (Wildman–Crippen LogP) is 6.23. The molecule has 0 saturated carbocycles. The molecular weight excluding hydrogens is 330 g/mol. The molecule has 0 unspecified atom stereocenters. The van der Waals surface area contributed by atoms with Crippen molar-refractivity contribution in [2.75, 3.05) is 11.6 Å². The van der Waals surface area contributed by atoms with Crippen LogP contribution in [0.5, 0.6) is 0 Å². The van der Waals surface area contributed by atoms with Gasteiger partial charge in [0.1, 0.15) is 0 Å². The Morgan fingerprint density at radius 2 is 1.48 bits per heavy atom. The van der Waals surface area contributed by atoms with Gasteiger partial charge in [0, 0.05) is 23.2 Å². The molecule has 138 valence electrons. The zero-order valence-electron chi connectivity index (χ0n) is 16.5. The zero-order chi connectivity index (χ0) is 19.6. The highest BCUT2D eigenvalue weighted by molar-refractivity contribution is 7.90. The van der Waals surface area contributed by atoms with Crippen molar-refractivity contribution in [1.29, 1.82) is 0 Å². The number of allylic oxidation sites excluding steroid dienone is 1. The van der Waals surface area contributed by atoms with Crippen molar-refractivity contribution in [2.24, 2.45) is 0 Å². The Balaban J connectivity index is 0.00000134. The number of hydrogen-bond donors (Lipinski definition) is 1. The molecule has 0 bridgehead atoms. The number of rotatable bonds is 4. The van der Waals surface area contributed by atoms with E-state index in [4.69, 9.17) is 0 Å². The van der Waals surface area contributed by atoms with Crippen molar-refractivity contribution in [2.45, 2.75) is 46.4 Å². The summed E-state index contributed by atoms with van der Waals surface area (Å²) in [5, 5.41) is 3.27. The summed E-state index contributed by atoms with van der Waals surface area (Å²) in [6.07, 6.45) is 1.21. The van der Waals surface area contributed by atoms with E-state index in [1.807, 2.05) is 65.8 Å². The Kier molecular flexibility index (Phi) is 9.84. The summed E-state index contributed by atoms with van der Waals surface area (Å²) < 4.78 is 23.4. The second-order valence-electron chi connectivity index (χ2n) is 5.25. The molecule has 2 aromatic rings. The van der Waals surface area contributed by atoms with Gasteiger partial charge in [0.2, 0.25) is 0 Å². The van der Waals surface area contributed by atoms with Gasteiger partial charge >= 0.3 is 0 Å². The molecule has 4 heteroatoms. The van der Waals surface area contributed by atoms with Crippen LogP contribution in [0.3, 0.4) is 0 Å². The van der Waals surface area contributed by atoms with Crippen molar-refractivity contribution in [3.8, 4) is 0 Å². The Morgan fingerprint density at radius 1 is 0.960 bits per heavy atom. The van der Waals surface area contributed by atoms with E-state index in [9.17, 15) is 8.42 Å². The van der Waals surface area contributed by atoms with Crippen LogP contribution in [0.25, 0.3) is 5.57 Å². The summed E-state index contributed by atoms with van der Waals surface area (Å²) in [5.41, 5.74) is 4.61. The molecule has 0 atom stereocenters. The largest absolute Gasteiger partial charge is 0.355 e. The topological polar surface area (TPSA) is 46.2 Å². The summed E-state index contributed by atoms with van der Waals surface area (Å²) in [5.74, 6) is 0. The first-order chi connectivity index (χ1) is 11.8. The lowest BCUT2D eigenvalue weighted by Crippen LogP contribution is -2.01. The predicted molar refractivity (Wildman–Crippen MR) is 111 cm³/mol. The maximum Gasteiger partial charge on any atom is 0.175 e. The highest BCUT2D eigenvalue weighted by Gasteiger charge is 2.11. The van der Waals surface area contributed by atoms with Gasteiger partial charge in [-0.25, -0.2) is 8.42 Å². The van der Waals surface area contributed by atoms with Gasteiger partial charge in [-0.2, -0.15) is 0 Å². The fourth-order valence-electron chi connectivity index (χ4n) is 2.02. The number of sulfone groups is 1.